The van der Waals surface area contributed by atoms with E-state index in [1.165, 1.54) is 5.69 Å². The first kappa shape index (κ1) is 12.9. The molecule has 0 spiro atoms. The lowest BCUT2D eigenvalue weighted by Crippen LogP contribution is -2.22. The maximum Gasteiger partial charge on any atom is 0.194 e. The number of hydrogen-bond donors (Lipinski definition) is 2. The van der Waals surface area contributed by atoms with Crippen molar-refractivity contribution < 1.29 is 5.11 Å². The molecule has 2 N–H and O–H groups in total. The van der Waals surface area contributed by atoms with Crippen molar-refractivity contribution in [1.82, 2.24) is 14.7 Å². The van der Waals surface area contributed by atoms with Gasteiger partial charge in [-0.25, -0.2) is 4.98 Å². The van der Waals surface area contributed by atoms with Crippen LogP contribution in [-0.4, -0.2) is 32.9 Å². The highest BCUT2D eigenvalue weighted by atomic mass is 32.2. The fraction of sp³-hybridized carbons (Fsp3) is 0.545. The number of rotatable bonds is 6. The zero-order valence-electron chi connectivity index (χ0n) is 10.0. The molecule has 0 bridgehead atoms. The second-order valence-corrected chi connectivity index (χ2v) is 5.98. The third-order valence-electron chi connectivity index (χ3n) is 2.33. The highest BCUT2D eigenvalue weighted by Crippen LogP contribution is 2.25. The zero-order chi connectivity index (χ0) is 12.3. The van der Waals surface area contributed by atoms with E-state index in [2.05, 4.69) is 28.5 Å². The molecule has 0 saturated heterocycles. The Morgan fingerprint density at radius 2 is 2.41 bits per heavy atom. The van der Waals surface area contributed by atoms with Gasteiger partial charge in [0.15, 0.2) is 4.96 Å². The summed E-state index contributed by atoms with van der Waals surface area (Å²) in [6.45, 7) is 5.26. The third-order valence-corrected chi connectivity index (χ3v) is 4.08. The highest BCUT2D eigenvalue weighted by Gasteiger charge is 2.13. The fourth-order valence-corrected chi connectivity index (χ4v) is 3.10. The lowest BCUT2D eigenvalue weighted by Gasteiger charge is -2.08. The van der Waals surface area contributed by atoms with Gasteiger partial charge in [-0.2, -0.15) is 0 Å². The Hall–Kier alpha value is -0.560. The van der Waals surface area contributed by atoms with E-state index in [1.807, 2.05) is 11.6 Å². The van der Waals surface area contributed by atoms with Crippen molar-refractivity contribution in [2.45, 2.75) is 31.5 Å². The zero-order valence-corrected chi connectivity index (χ0v) is 11.6. The summed E-state index contributed by atoms with van der Waals surface area (Å²) in [6.07, 6.45) is 2.05. The van der Waals surface area contributed by atoms with Crippen LogP contribution in [0.2, 0.25) is 0 Å². The first-order valence-corrected chi connectivity index (χ1v) is 7.50. The fourth-order valence-electron chi connectivity index (χ4n) is 1.53. The van der Waals surface area contributed by atoms with Crippen LogP contribution in [0, 0.1) is 0 Å². The van der Waals surface area contributed by atoms with E-state index in [0.29, 0.717) is 11.8 Å². The molecule has 0 atom stereocenters. The molecule has 2 aromatic rings. The average molecular weight is 271 g/mol. The molecule has 0 aliphatic carbocycles. The van der Waals surface area contributed by atoms with Crippen molar-refractivity contribution in [3.8, 4) is 0 Å². The average Bonchev–Trinajstić information content (AvgIpc) is 2.83. The summed E-state index contributed by atoms with van der Waals surface area (Å²) in [7, 11) is 0. The first-order chi connectivity index (χ1) is 8.22. The van der Waals surface area contributed by atoms with Crippen LogP contribution >= 0.6 is 23.1 Å². The Bertz CT molecular complexity index is 478. The van der Waals surface area contributed by atoms with Crippen LogP contribution in [0.3, 0.4) is 0 Å². The predicted molar refractivity (Wildman–Crippen MR) is 72.9 cm³/mol. The SMILES string of the molecule is CC(C)NCc1c(SCCO)nc2sccn12. The minimum absolute atomic E-state index is 0.187. The summed E-state index contributed by atoms with van der Waals surface area (Å²) in [5.74, 6) is 0.694. The summed E-state index contributed by atoms with van der Waals surface area (Å²) in [5.41, 5.74) is 1.19. The standard InChI is InChI=1S/C11H17N3OS2/c1-8(2)12-7-9-10(16-6-4-15)13-11-14(9)3-5-17-11/h3,5,8,12,15H,4,6-7H2,1-2H3. The Kier molecular flexibility index (Phi) is 4.44. The number of aliphatic hydroxyl groups excluding tert-OH is 1. The number of nitrogens with one attached hydrogen (secondary N) is 1. The summed E-state index contributed by atoms with van der Waals surface area (Å²) in [5, 5.41) is 15.4. The van der Waals surface area contributed by atoms with Gasteiger partial charge in [0.25, 0.3) is 0 Å². The van der Waals surface area contributed by atoms with Gasteiger partial charge in [-0.15, -0.1) is 23.1 Å². The molecule has 0 saturated carbocycles. The van der Waals surface area contributed by atoms with Crippen LogP contribution in [-0.2, 0) is 6.54 Å². The van der Waals surface area contributed by atoms with Crippen LogP contribution in [0.4, 0.5) is 0 Å². The third kappa shape index (κ3) is 3.01. The molecule has 0 amide bonds. The quantitative estimate of drug-likeness (QED) is 0.789. The number of fused-ring (bicyclic) bond motifs is 1. The van der Waals surface area contributed by atoms with E-state index >= 15 is 0 Å². The van der Waals surface area contributed by atoms with E-state index in [4.69, 9.17) is 5.11 Å². The number of thioether (sulfide) groups is 1. The van der Waals surface area contributed by atoms with Crippen molar-refractivity contribution in [1.29, 1.82) is 0 Å². The van der Waals surface area contributed by atoms with Crippen LogP contribution in [0.25, 0.3) is 4.96 Å². The second kappa shape index (κ2) is 5.86. The van der Waals surface area contributed by atoms with Gasteiger partial charge in [-0.3, -0.25) is 4.40 Å². The smallest absolute Gasteiger partial charge is 0.194 e. The number of thiazole rings is 1. The molecule has 94 valence electrons. The van der Waals surface area contributed by atoms with Crippen molar-refractivity contribution >= 4 is 28.1 Å². The normalized spacial score (nSPS) is 11.8. The van der Waals surface area contributed by atoms with E-state index in [9.17, 15) is 0 Å². The maximum absolute atomic E-state index is 8.89. The molecule has 4 nitrogen and oxygen atoms in total. The topological polar surface area (TPSA) is 49.6 Å². The summed E-state index contributed by atoms with van der Waals surface area (Å²) >= 11 is 3.25. The van der Waals surface area contributed by atoms with Crippen LogP contribution in [0.5, 0.6) is 0 Å². The monoisotopic (exact) mass is 271 g/mol. The molecule has 2 heterocycles. The molecule has 2 aromatic heterocycles. The van der Waals surface area contributed by atoms with Crippen molar-refractivity contribution in [3.05, 3.63) is 17.3 Å². The molecule has 0 fully saturated rings. The summed E-state index contributed by atoms with van der Waals surface area (Å²) in [6, 6.07) is 0.454. The number of nitrogens with zero attached hydrogens (tertiary/aromatic N) is 2. The van der Waals surface area contributed by atoms with Gasteiger partial charge in [0.05, 0.1) is 12.3 Å². The number of aliphatic hydroxyl groups is 1. The Morgan fingerprint density at radius 1 is 1.59 bits per heavy atom. The van der Waals surface area contributed by atoms with E-state index < -0.39 is 0 Å². The molecule has 0 aromatic carbocycles. The Labute approximate surface area is 109 Å². The van der Waals surface area contributed by atoms with E-state index in [-0.39, 0.29) is 6.61 Å². The first-order valence-electron chi connectivity index (χ1n) is 5.64. The van der Waals surface area contributed by atoms with Gasteiger partial charge < -0.3 is 10.4 Å². The highest BCUT2D eigenvalue weighted by molar-refractivity contribution is 7.99. The van der Waals surface area contributed by atoms with Gasteiger partial charge in [-0.1, -0.05) is 13.8 Å². The molecule has 0 aliphatic rings. The molecular formula is C11H17N3OS2. The molecule has 0 unspecified atom stereocenters. The van der Waals surface area contributed by atoms with Crippen molar-refractivity contribution in [2.75, 3.05) is 12.4 Å². The largest absolute Gasteiger partial charge is 0.396 e. The van der Waals surface area contributed by atoms with Crippen molar-refractivity contribution in [2.24, 2.45) is 0 Å². The number of aromatic nitrogens is 2. The second-order valence-electron chi connectivity index (χ2n) is 4.03. The Morgan fingerprint density at radius 3 is 3.12 bits per heavy atom. The summed E-state index contributed by atoms with van der Waals surface area (Å²) < 4.78 is 2.12. The lowest BCUT2D eigenvalue weighted by molar-refractivity contribution is 0.322. The van der Waals surface area contributed by atoms with Crippen LogP contribution in [0.1, 0.15) is 19.5 Å². The maximum atomic E-state index is 8.89. The lowest BCUT2D eigenvalue weighted by atomic mass is 10.3. The molecule has 2 rings (SSSR count). The predicted octanol–water partition coefficient (Wildman–Crippen LogP) is 1.98. The summed E-state index contributed by atoms with van der Waals surface area (Å²) in [4.78, 5) is 5.60. The van der Waals surface area contributed by atoms with Crippen LogP contribution in [0.15, 0.2) is 16.6 Å². The van der Waals surface area contributed by atoms with Gasteiger partial charge in [-0.05, 0) is 0 Å². The molecule has 6 heteroatoms. The number of imidazole rings is 1. The van der Waals surface area contributed by atoms with E-state index in [1.54, 1.807) is 23.1 Å². The van der Waals surface area contributed by atoms with Gasteiger partial charge in [0, 0.05) is 29.9 Å². The minimum atomic E-state index is 0.187. The Balaban J connectivity index is 2.23. The van der Waals surface area contributed by atoms with Crippen LogP contribution < -0.4 is 5.32 Å². The minimum Gasteiger partial charge on any atom is -0.396 e. The van der Waals surface area contributed by atoms with Gasteiger partial charge in [0.1, 0.15) is 5.03 Å². The number of hydrogen-bond acceptors (Lipinski definition) is 5. The van der Waals surface area contributed by atoms with Crippen molar-refractivity contribution in [3.63, 3.8) is 0 Å². The van der Waals surface area contributed by atoms with E-state index in [0.717, 1.165) is 16.5 Å². The van der Waals surface area contributed by atoms with Gasteiger partial charge >= 0.3 is 0 Å². The molecule has 0 aliphatic heterocycles. The molecular weight excluding hydrogens is 254 g/mol. The molecule has 0 radical (unpaired) electrons. The molecule has 17 heavy (non-hydrogen) atoms. The van der Waals surface area contributed by atoms with Gasteiger partial charge in [0.2, 0.25) is 0 Å².